The maximum Gasteiger partial charge on any atom is 0.220 e. The van der Waals surface area contributed by atoms with E-state index in [1.54, 1.807) is 0 Å². The maximum atomic E-state index is 12.1. The molecule has 2 aliphatic rings. The highest BCUT2D eigenvalue weighted by atomic mass is 16.5. The Morgan fingerprint density at radius 1 is 1.20 bits per heavy atom. The van der Waals surface area contributed by atoms with Crippen LogP contribution in [-0.2, 0) is 9.53 Å². The van der Waals surface area contributed by atoms with Gasteiger partial charge in [0.15, 0.2) is 0 Å². The Bertz CT molecular complexity index is 509. The van der Waals surface area contributed by atoms with Crippen LogP contribution in [0.5, 0.6) is 5.75 Å². The number of amides is 1. The Balaban J connectivity index is 1.25. The third-order valence-corrected chi connectivity index (χ3v) is 5.05. The summed E-state index contributed by atoms with van der Waals surface area (Å²) >= 11 is 0. The first-order valence-electron chi connectivity index (χ1n) is 9.57. The first kappa shape index (κ1) is 18.2. The Kier molecular flexibility index (Phi) is 7.12. The second-order valence-electron chi connectivity index (χ2n) is 7.14. The molecule has 0 saturated carbocycles. The Morgan fingerprint density at radius 2 is 2.00 bits per heavy atom. The molecule has 0 unspecified atom stereocenters. The standard InChI is InChI=1S/C20H30N2O3/c23-20(7-4-13-25-19-5-2-1-3-6-19)21-18-8-11-22(12-9-18)15-17-10-14-24-16-17/h1-3,5-6,17-18H,4,7-16H2,(H,21,23)/t17-/m0/s1. The third-order valence-electron chi connectivity index (χ3n) is 5.05. The molecule has 5 nitrogen and oxygen atoms in total. The van der Waals surface area contributed by atoms with Gasteiger partial charge in [-0.25, -0.2) is 0 Å². The molecule has 1 amide bonds. The number of carbonyl (C=O) groups excluding carboxylic acids is 1. The number of hydrogen-bond acceptors (Lipinski definition) is 4. The van der Waals surface area contributed by atoms with Gasteiger partial charge in [0.2, 0.25) is 5.91 Å². The molecule has 5 heteroatoms. The SMILES string of the molecule is O=C(CCCOc1ccccc1)NC1CCN(C[C@@H]2CCOC2)CC1. The smallest absolute Gasteiger partial charge is 0.220 e. The third kappa shape index (κ3) is 6.33. The molecule has 1 aromatic carbocycles. The molecule has 1 aromatic rings. The maximum absolute atomic E-state index is 12.1. The summed E-state index contributed by atoms with van der Waals surface area (Å²) in [5.74, 6) is 1.72. The summed E-state index contributed by atoms with van der Waals surface area (Å²) in [6.07, 6.45) is 4.59. The number of hydrogen-bond donors (Lipinski definition) is 1. The van der Waals surface area contributed by atoms with Crippen molar-refractivity contribution in [2.75, 3.05) is 39.5 Å². The van der Waals surface area contributed by atoms with Crippen LogP contribution in [0.15, 0.2) is 30.3 Å². The van der Waals surface area contributed by atoms with Gasteiger partial charge in [-0.2, -0.15) is 0 Å². The van der Waals surface area contributed by atoms with Gasteiger partial charge in [0.25, 0.3) is 0 Å². The van der Waals surface area contributed by atoms with Gasteiger partial charge in [-0.1, -0.05) is 18.2 Å². The van der Waals surface area contributed by atoms with E-state index < -0.39 is 0 Å². The molecule has 0 aromatic heterocycles. The minimum absolute atomic E-state index is 0.152. The molecule has 2 fully saturated rings. The summed E-state index contributed by atoms with van der Waals surface area (Å²) in [5.41, 5.74) is 0. The van der Waals surface area contributed by atoms with Gasteiger partial charge < -0.3 is 19.7 Å². The fourth-order valence-corrected chi connectivity index (χ4v) is 3.59. The summed E-state index contributed by atoms with van der Waals surface area (Å²) in [6, 6.07) is 10.1. The highest BCUT2D eigenvalue weighted by molar-refractivity contribution is 5.76. The van der Waals surface area contributed by atoms with Gasteiger partial charge in [0.05, 0.1) is 13.2 Å². The molecule has 0 bridgehead atoms. The molecule has 25 heavy (non-hydrogen) atoms. The van der Waals surface area contributed by atoms with E-state index >= 15 is 0 Å². The van der Waals surface area contributed by atoms with Crippen LogP contribution >= 0.6 is 0 Å². The summed E-state index contributed by atoms with van der Waals surface area (Å²) in [5, 5.41) is 3.19. The zero-order valence-electron chi connectivity index (χ0n) is 15.0. The van der Waals surface area contributed by atoms with Crippen LogP contribution in [0, 0.1) is 5.92 Å². The molecule has 0 aliphatic carbocycles. The lowest BCUT2D eigenvalue weighted by Crippen LogP contribution is -2.45. The van der Waals surface area contributed by atoms with Crippen LogP contribution in [-0.4, -0.2) is 56.3 Å². The summed E-state index contributed by atoms with van der Waals surface area (Å²) in [7, 11) is 0. The molecule has 2 saturated heterocycles. The van der Waals surface area contributed by atoms with Crippen LogP contribution in [0.4, 0.5) is 0 Å². The number of para-hydroxylation sites is 1. The Morgan fingerprint density at radius 3 is 2.72 bits per heavy atom. The van der Waals surface area contributed by atoms with Crippen LogP contribution in [0.1, 0.15) is 32.1 Å². The number of nitrogens with zero attached hydrogens (tertiary/aromatic N) is 1. The minimum Gasteiger partial charge on any atom is -0.494 e. The molecular formula is C20H30N2O3. The predicted molar refractivity (Wildman–Crippen MR) is 97.7 cm³/mol. The van der Waals surface area contributed by atoms with Crippen LogP contribution in [0.2, 0.25) is 0 Å². The Labute approximate surface area is 150 Å². The van der Waals surface area contributed by atoms with E-state index in [4.69, 9.17) is 9.47 Å². The van der Waals surface area contributed by atoms with Gasteiger partial charge in [-0.15, -0.1) is 0 Å². The van der Waals surface area contributed by atoms with Crippen LogP contribution in [0.25, 0.3) is 0 Å². The lowest BCUT2D eigenvalue weighted by Gasteiger charge is -2.33. The van der Waals surface area contributed by atoms with Gasteiger partial charge in [0, 0.05) is 38.7 Å². The number of nitrogens with one attached hydrogen (secondary N) is 1. The van der Waals surface area contributed by atoms with Crippen molar-refractivity contribution in [2.45, 2.75) is 38.1 Å². The normalized spacial score (nSPS) is 22.0. The lowest BCUT2D eigenvalue weighted by atomic mass is 10.0. The highest BCUT2D eigenvalue weighted by Crippen LogP contribution is 2.17. The van der Waals surface area contributed by atoms with Crippen molar-refractivity contribution in [1.82, 2.24) is 10.2 Å². The first-order chi connectivity index (χ1) is 12.3. The van der Waals surface area contributed by atoms with Crippen molar-refractivity contribution in [3.63, 3.8) is 0 Å². The summed E-state index contributed by atoms with van der Waals surface area (Å²) < 4.78 is 11.1. The van der Waals surface area contributed by atoms with Crippen molar-refractivity contribution in [2.24, 2.45) is 5.92 Å². The average molecular weight is 346 g/mol. The number of likely N-dealkylation sites (tertiary alicyclic amines) is 1. The van der Waals surface area contributed by atoms with Crippen molar-refractivity contribution in [1.29, 1.82) is 0 Å². The molecule has 3 rings (SSSR count). The van der Waals surface area contributed by atoms with Crippen molar-refractivity contribution in [3.8, 4) is 5.75 Å². The van der Waals surface area contributed by atoms with E-state index in [1.807, 2.05) is 30.3 Å². The second-order valence-corrected chi connectivity index (χ2v) is 7.14. The molecule has 0 radical (unpaired) electrons. The fraction of sp³-hybridized carbons (Fsp3) is 0.650. The van der Waals surface area contributed by atoms with Crippen molar-refractivity contribution >= 4 is 5.91 Å². The monoisotopic (exact) mass is 346 g/mol. The molecule has 1 N–H and O–H groups in total. The number of ether oxygens (including phenoxy) is 2. The predicted octanol–water partition coefficient (Wildman–Crippen LogP) is 2.46. The van der Waals surface area contributed by atoms with Crippen molar-refractivity contribution in [3.05, 3.63) is 30.3 Å². The number of carbonyl (C=O) groups is 1. The molecule has 2 heterocycles. The van der Waals surface area contributed by atoms with Crippen LogP contribution < -0.4 is 10.1 Å². The van der Waals surface area contributed by atoms with Gasteiger partial charge in [0.1, 0.15) is 5.75 Å². The highest BCUT2D eigenvalue weighted by Gasteiger charge is 2.24. The van der Waals surface area contributed by atoms with E-state index in [0.29, 0.717) is 25.0 Å². The number of rotatable bonds is 8. The minimum atomic E-state index is 0.152. The van der Waals surface area contributed by atoms with Crippen molar-refractivity contribution < 1.29 is 14.3 Å². The molecule has 2 aliphatic heterocycles. The zero-order valence-corrected chi connectivity index (χ0v) is 15.0. The first-order valence-corrected chi connectivity index (χ1v) is 9.57. The molecule has 1 atom stereocenters. The zero-order chi connectivity index (χ0) is 17.3. The number of benzene rings is 1. The molecule has 138 valence electrons. The topological polar surface area (TPSA) is 50.8 Å². The van der Waals surface area contributed by atoms with Gasteiger partial charge >= 0.3 is 0 Å². The Hall–Kier alpha value is -1.59. The van der Waals surface area contributed by atoms with E-state index in [9.17, 15) is 4.79 Å². The molecular weight excluding hydrogens is 316 g/mol. The largest absolute Gasteiger partial charge is 0.494 e. The van der Waals surface area contributed by atoms with E-state index in [0.717, 1.165) is 57.9 Å². The van der Waals surface area contributed by atoms with Gasteiger partial charge in [-0.05, 0) is 43.7 Å². The summed E-state index contributed by atoms with van der Waals surface area (Å²) in [6.45, 7) is 5.74. The molecule has 0 spiro atoms. The second kappa shape index (κ2) is 9.78. The lowest BCUT2D eigenvalue weighted by molar-refractivity contribution is -0.122. The van der Waals surface area contributed by atoms with Gasteiger partial charge in [-0.3, -0.25) is 4.79 Å². The quantitative estimate of drug-likeness (QED) is 0.735. The van der Waals surface area contributed by atoms with Crippen LogP contribution in [0.3, 0.4) is 0 Å². The van der Waals surface area contributed by atoms with E-state index in [2.05, 4.69) is 10.2 Å². The van der Waals surface area contributed by atoms with E-state index in [1.165, 1.54) is 6.42 Å². The number of piperidine rings is 1. The average Bonchev–Trinajstić information content (AvgIpc) is 3.14. The van der Waals surface area contributed by atoms with E-state index in [-0.39, 0.29) is 5.91 Å². The fourth-order valence-electron chi connectivity index (χ4n) is 3.59. The summed E-state index contributed by atoms with van der Waals surface area (Å²) in [4.78, 5) is 14.6.